The third kappa shape index (κ3) is 4.51. The first-order chi connectivity index (χ1) is 12.0. The van der Waals surface area contributed by atoms with Crippen molar-refractivity contribution in [3.63, 3.8) is 0 Å². The van der Waals surface area contributed by atoms with E-state index in [2.05, 4.69) is 42.6 Å². The Labute approximate surface area is 149 Å². The number of fused-ring (bicyclic) bond motifs is 1. The number of likely N-dealkylation sites (tertiary alicyclic amines) is 1. The van der Waals surface area contributed by atoms with Crippen LogP contribution in [-0.2, 0) is 6.42 Å². The van der Waals surface area contributed by atoms with Crippen molar-refractivity contribution in [3.8, 4) is 0 Å². The summed E-state index contributed by atoms with van der Waals surface area (Å²) in [5, 5.41) is 15.3. The van der Waals surface area contributed by atoms with Gasteiger partial charge in [-0.05, 0) is 55.4 Å². The Morgan fingerprint density at radius 3 is 2.52 bits per heavy atom. The Balaban J connectivity index is 1.53. The molecule has 1 saturated heterocycles. The van der Waals surface area contributed by atoms with Crippen molar-refractivity contribution in [2.75, 3.05) is 13.1 Å². The van der Waals surface area contributed by atoms with Gasteiger partial charge in [-0.3, -0.25) is 0 Å². The fourth-order valence-corrected chi connectivity index (χ4v) is 3.66. The lowest BCUT2D eigenvalue weighted by molar-refractivity contribution is 0.0794. The SMILES string of the molecule is CC(Cc1ccc2ccccc2c1)NC(=O)N1CCC(C(C)O)CC1. The average molecular weight is 340 g/mol. The van der Waals surface area contributed by atoms with Crippen LogP contribution in [0.1, 0.15) is 32.3 Å². The lowest BCUT2D eigenvalue weighted by Crippen LogP contribution is -2.48. The standard InChI is InChI=1S/C21H28N2O2/c1-15(13-17-7-8-19-5-3-4-6-20(19)14-17)22-21(25)23-11-9-18(10-12-23)16(2)24/h3-8,14-16,18,24H,9-13H2,1-2H3,(H,22,25). The second-order valence-corrected chi connectivity index (χ2v) is 7.30. The van der Waals surface area contributed by atoms with Crippen LogP contribution in [0.25, 0.3) is 10.8 Å². The zero-order chi connectivity index (χ0) is 17.8. The fraction of sp³-hybridized carbons (Fsp3) is 0.476. The highest BCUT2D eigenvalue weighted by Crippen LogP contribution is 2.21. The largest absolute Gasteiger partial charge is 0.393 e. The molecule has 0 radical (unpaired) electrons. The Hall–Kier alpha value is -2.07. The van der Waals surface area contributed by atoms with E-state index < -0.39 is 0 Å². The molecule has 0 aliphatic carbocycles. The lowest BCUT2D eigenvalue weighted by atomic mass is 9.92. The number of urea groups is 1. The molecule has 25 heavy (non-hydrogen) atoms. The third-order valence-electron chi connectivity index (χ3n) is 5.23. The van der Waals surface area contributed by atoms with Crippen LogP contribution in [0, 0.1) is 5.92 Å². The highest BCUT2D eigenvalue weighted by atomic mass is 16.3. The van der Waals surface area contributed by atoms with Gasteiger partial charge in [-0.25, -0.2) is 4.79 Å². The number of benzene rings is 2. The molecule has 134 valence electrons. The summed E-state index contributed by atoms with van der Waals surface area (Å²) in [4.78, 5) is 14.3. The molecule has 2 aromatic rings. The molecule has 4 nitrogen and oxygen atoms in total. The number of carbonyl (C=O) groups is 1. The van der Waals surface area contributed by atoms with Crippen molar-refractivity contribution in [1.82, 2.24) is 10.2 Å². The summed E-state index contributed by atoms with van der Waals surface area (Å²) < 4.78 is 0. The molecule has 3 rings (SSSR count). The second-order valence-electron chi connectivity index (χ2n) is 7.30. The van der Waals surface area contributed by atoms with E-state index in [0.29, 0.717) is 5.92 Å². The van der Waals surface area contributed by atoms with Gasteiger partial charge in [0.1, 0.15) is 0 Å². The Kier molecular flexibility index (Phi) is 5.59. The first kappa shape index (κ1) is 17.7. The van der Waals surface area contributed by atoms with E-state index in [9.17, 15) is 9.90 Å². The molecule has 0 bridgehead atoms. The Morgan fingerprint density at radius 2 is 1.84 bits per heavy atom. The van der Waals surface area contributed by atoms with Crippen LogP contribution in [-0.4, -0.2) is 41.3 Å². The minimum atomic E-state index is -0.281. The zero-order valence-electron chi connectivity index (χ0n) is 15.1. The van der Waals surface area contributed by atoms with Crippen LogP contribution >= 0.6 is 0 Å². The number of amides is 2. The molecule has 2 atom stereocenters. The molecule has 0 aromatic heterocycles. The first-order valence-corrected chi connectivity index (χ1v) is 9.24. The van der Waals surface area contributed by atoms with Crippen LogP contribution in [0.2, 0.25) is 0 Å². The summed E-state index contributed by atoms with van der Waals surface area (Å²) in [5.74, 6) is 0.319. The minimum Gasteiger partial charge on any atom is -0.393 e. The molecule has 1 aliphatic rings. The summed E-state index contributed by atoms with van der Waals surface area (Å²) >= 11 is 0. The Morgan fingerprint density at radius 1 is 1.16 bits per heavy atom. The van der Waals surface area contributed by atoms with Crippen molar-refractivity contribution in [2.24, 2.45) is 5.92 Å². The number of rotatable bonds is 4. The molecular weight excluding hydrogens is 312 g/mol. The molecule has 2 aromatic carbocycles. The van der Waals surface area contributed by atoms with Crippen LogP contribution in [0.3, 0.4) is 0 Å². The van der Waals surface area contributed by atoms with Crippen LogP contribution in [0.15, 0.2) is 42.5 Å². The van der Waals surface area contributed by atoms with E-state index in [1.54, 1.807) is 0 Å². The van der Waals surface area contributed by atoms with Crippen LogP contribution in [0.4, 0.5) is 4.79 Å². The molecule has 2 N–H and O–H groups in total. The third-order valence-corrected chi connectivity index (χ3v) is 5.23. The topological polar surface area (TPSA) is 52.6 Å². The predicted octanol–water partition coefficient (Wildman–Crippen LogP) is 3.57. The number of hydrogen-bond acceptors (Lipinski definition) is 2. The maximum atomic E-state index is 12.4. The maximum Gasteiger partial charge on any atom is 0.317 e. The van der Waals surface area contributed by atoms with Gasteiger partial charge in [0, 0.05) is 19.1 Å². The van der Waals surface area contributed by atoms with Gasteiger partial charge in [-0.15, -0.1) is 0 Å². The molecule has 2 unspecified atom stereocenters. The molecule has 2 amide bonds. The Bertz CT molecular complexity index is 721. The van der Waals surface area contributed by atoms with E-state index in [-0.39, 0.29) is 18.2 Å². The second kappa shape index (κ2) is 7.87. The lowest BCUT2D eigenvalue weighted by Gasteiger charge is -2.34. The summed E-state index contributed by atoms with van der Waals surface area (Å²) in [6.07, 6.45) is 2.30. The first-order valence-electron chi connectivity index (χ1n) is 9.24. The quantitative estimate of drug-likeness (QED) is 0.894. The van der Waals surface area contributed by atoms with E-state index in [0.717, 1.165) is 32.4 Å². The fourth-order valence-electron chi connectivity index (χ4n) is 3.66. The molecule has 4 heteroatoms. The van der Waals surface area contributed by atoms with Gasteiger partial charge in [-0.1, -0.05) is 42.5 Å². The number of nitrogens with one attached hydrogen (secondary N) is 1. The van der Waals surface area contributed by atoms with E-state index >= 15 is 0 Å². The van der Waals surface area contributed by atoms with Crippen molar-refractivity contribution >= 4 is 16.8 Å². The number of carbonyl (C=O) groups excluding carboxylic acids is 1. The summed E-state index contributed by atoms with van der Waals surface area (Å²) in [6.45, 7) is 5.34. The molecule has 1 fully saturated rings. The molecule has 1 aliphatic heterocycles. The number of aliphatic hydroxyl groups is 1. The van der Waals surface area contributed by atoms with Gasteiger partial charge in [0.05, 0.1) is 6.10 Å². The van der Waals surface area contributed by atoms with E-state index in [1.165, 1.54) is 16.3 Å². The van der Waals surface area contributed by atoms with Crippen molar-refractivity contribution < 1.29 is 9.90 Å². The summed E-state index contributed by atoms with van der Waals surface area (Å²) in [5.41, 5.74) is 1.24. The van der Waals surface area contributed by atoms with Crippen molar-refractivity contribution in [2.45, 2.75) is 45.3 Å². The van der Waals surface area contributed by atoms with E-state index in [4.69, 9.17) is 0 Å². The highest BCUT2D eigenvalue weighted by Gasteiger charge is 2.25. The normalized spacial score (nSPS) is 18.1. The van der Waals surface area contributed by atoms with Gasteiger partial charge in [-0.2, -0.15) is 0 Å². The van der Waals surface area contributed by atoms with Gasteiger partial charge >= 0.3 is 6.03 Å². The van der Waals surface area contributed by atoms with Gasteiger partial charge in [0.15, 0.2) is 0 Å². The molecule has 0 spiro atoms. The van der Waals surface area contributed by atoms with Crippen molar-refractivity contribution in [3.05, 3.63) is 48.0 Å². The zero-order valence-corrected chi connectivity index (χ0v) is 15.1. The molecule has 1 heterocycles. The highest BCUT2D eigenvalue weighted by molar-refractivity contribution is 5.83. The monoisotopic (exact) mass is 340 g/mol. The van der Waals surface area contributed by atoms with Crippen molar-refractivity contribution in [1.29, 1.82) is 0 Å². The van der Waals surface area contributed by atoms with Crippen LogP contribution in [0.5, 0.6) is 0 Å². The average Bonchev–Trinajstić information content (AvgIpc) is 2.61. The number of piperidine rings is 1. The van der Waals surface area contributed by atoms with E-state index in [1.807, 2.05) is 24.0 Å². The summed E-state index contributed by atoms with van der Waals surface area (Å²) in [6, 6.07) is 14.9. The summed E-state index contributed by atoms with van der Waals surface area (Å²) in [7, 11) is 0. The number of nitrogens with zero attached hydrogens (tertiary/aromatic N) is 1. The van der Waals surface area contributed by atoms with Gasteiger partial charge in [0.2, 0.25) is 0 Å². The van der Waals surface area contributed by atoms with Gasteiger partial charge < -0.3 is 15.3 Å². The number of hydrogen-bond donors (Lipinski definition) is 2. The predicted molar refractivity (Wildman–Crippen MR) is 102 cm³/mol. The maximum absolute atomic E-state index is 12.4. The minimum absolute atomic E-state index is 0.0114. The van der Waals surface area contributed by atoms with Crippen LogP contribution < -0.4 is 5.32 Å². The number of aliphatic hydroxyl groups excluding tert-OH is 1. The van der Waals surface area contributed by atoms with Gasteiger partial charge in [0.25, 0.3) is 0 Å². The smallest absolute Gasteiger partial charge is 0.317 e. The molecule has 0 saturated carbocycles. The molecular formula is C21H28N2O2.